The first kappa shape index (κ1) is 25.6. The van der Waals surface area contributed by atoms with Gasteiger partial charge in [0.1, 0.15) is 11.6 Å². The number of nitrogens with zero attached hydrogens (tertiary/aromatic N) is 4. The van der Waals surface area contributed by atoms with E-state index in [-0.39, 0.29) is 11.6 Å². The molecule has 0 unspecified atom stereocenters. The maximum absolute atomic E-state index is 11.7. The SMILES string of the molecule is CCOC(=O)C=Cc1cccc(-c2cnc(Nc3cc(OC)cc([N+](=O)[O-])c3)nc2N2CCOCC2)c1. The number of nitro benzene ring substituents is 1. The molecule has 1 fully saturated rings. The van der Waals surface area contributed by atoms with Gasteiger partial charge in [-0.05, 0) is 30.2 Å². The standard InChI is InChI=1S/C26H27N5O6/c1-3-37-24(32)8-7-18-5-4-6-19(13-18)23-17-27-26(29-25(23)30-9-11-36-12-10-30)28-20-14-21(31(33)34)16-22(15-20)35-2/h4-8,13-17H,3,9-12H2,1-2H3,(H,27,28,29). The summed E-state index contributed by atoms with van der Waals surface area (Å²) in [5.41, 5.74) is 2.81. The summed E-state index contributed by atoms with van der Waals surface area (Å²) in [6.45, 7) is 4.50. The third kappa shape index (κ3) is 6.58. The summed E-state index contributed by atoms with van der Waals surface area (Å²) in [6, 6.07) is 12.0. The molecule has 37 heavy (non-hydrogen) atoms. The molecular formula is C26H27N5O6. The molecule has 0 aliphatic carbocycles. The molecule has 1 saturated heterocycles. The van der Waals surface area contributed by atoms with Gasteiger partial charge in [-0.1, -0.05) is 18.2 Å². The van der Waals surface area contributed by atoms with Crippen LogP contribution in [-0.2, 0) is 14.3 Å². The molecule has 1 aliphatic heterocycles. The summed E-state index contributed by atoms with van der Waals surface area (Å²) < 4.78 is 15.7. The normalized spacial score (nSPS) is 13.4. The summed E-state index contributed by atoms with van der Waals surface area (Å²) in [7, 11) is 1.45. The molecule has 0 amide bonds. The number of morpholine rings is 1. The molecule has 11 nitrogen and oxygen atoms in total. The average molecular weight is 506 g/mol. The molecule has 2 heterocycles. The zero-order valence-corrected chi connectivity index (χ0v) is 20.5. The van der Waals surface area contributed by atoms with Crippen LogP contribution in [0.4, 0.5) is 23.1 Å². The van der Waals surface area contributed by atoms with Crippen LogP contribution < -0.4 is 15.0 Å². The van der Waals surface area contributed by atoms with E-state index >= 15 is 0 Å². The van der Waals surface area contributed by atoms with Crippen LogP contribution in [0.25, 0.3) is 17.2 Å². The monoisotopic (exact) mass is 505 g/mol. The maximum Gasteiger partial charge on any atom is 0.330 e. The predicted octanol–water partition coefficient (Wildman–Crippen LogP) is 4.22. The van der Waals surface area contributed by atoms with Crippen molar-refractivity contribution in [3.8, 4) is 16.9 Å². The highest BCUT2D eigenvalue weighted by molar-refractivity contribution is 5.87. The van der Waals surface area contributed by atoms with Crippen LogP contribution in [0.1, 0.15) is 12.5 Å². The molecule has 0 spiro atoms. The number of methoxy groups -OCH3 is 1. The zero-order chi connectivity index (χ0) is 26.2. The Balaban J connectivity index is 1.69. The molecular weight excluding hydrogens is 478 g/mol. The second-order valence-corrected chi connectivity index (χ2v) is 8.04. The van der Waals surface area contributed by atoms with E-state index in [1.54, 1.807) is 25.3 Å². The van der Waals surface area contributed by atoms with Crippen molar-refractivity contribution in [3.63, 3.8) is 0 Å². The van der Waals surface area contributed by atoms with Crippen molar-refractivity contribution >= 4 is 35.2 Å². The molecule has 1 aliphatic rings. The second-order valence-electron chi connectivity index (χ2n) is 8.04. The lowest BCUT2D eigenvalue weighted by Gasteiger charge is -2.29. The number of rotatable bonds is 9. The quantitative estimate of drug-likeness (QED) is 0.195. The van der Waals surface area contributed by atoms with Gasteiger partial charge in [0.05, 0.1) is 43.6 Å². The van der Waals surface area contributed by atoms with E-state index in [0.717, 1.165) is 16.7 Å². The topological polar surface area (TPSA) is 129 Å². The summed E-state index contributed by atoms with van der Waals surface area (Å²) in [5.74, 6) is 0.920. The highest BCUT2D eigenvalue weighted by atomic mass is 16.6. The number of esters is 1. The van der Waals surface area contributed by atoms with Gasteiger partial charge in [-0.25, -0.2) is 9.78 Å². The van der Waals surface area contributed by atoms with Crippen LogP contribution in [0, 0.1) is 10.1 Å². The number of non-ortho nitro benzene ring substituents is 1. The molecule has 0 saturated carbocycles. The van der Waals surface area contributed by atoms with Gasteiger partial charge in [-0.15, -0.1) is 0 Å². The van der Waals surface area contributed by atoms with E-state index in [1.807, 2.05) is 24.3 Å². The number of aromatic nitrogens is 2. The number of nitro groups is 1. The van der Waals surface area contributed by atoms with Crippen molar-refractivity contribution in [2.24, 2.45) is 0 Å². The minimum absolute atomic E-state index is 0.112. The smallest absolute Gasteiger partial charge is 0.330 e. The van der Waals surface area contributed by atoms with Crippen LogP contribution >= 0.6 is 0 Å². The Hall–Kier alpha value is -4.51. The van der Waals surface area contributed by atoms with Crippen LogP contribution in [0.2, 0.25) is 0 Å². The number of carbonyl (C=O) groups excluding carboxylic acids is 1. The lowest BCUT2D eigenvalue weighted by molar-refractivity contribution is -0.384. The molecule has 1 N–H and O–H groups in total. The van der Waals surface area contributed by atoms with Crippen molar-refractivity contribution in [1.82, 2.24) is 9.97 Å². The number of carbonyl (C=O) groups is 1. The van der Waals surface area contributed by atoms with E-state index in [9.17, 15) is 14.9 Å². The van der Waals surface area contributed by atoms with Crippen molar-refractivity contribution in [2.75, 3.05) is 50.2 Å². The number of nitrogens with one attached hydrogen (secondary N) is 1. The highest BCUT2D eigenvalue weighted by Crippen LogP contribution is 2.33. The Morgan fingerprint density at radius 1 is 1.24 bits per heavy atom. The van der Waals surface area contributed by atoms with E-state index < -0.39 is 10.9 Å². The van der Waals surface area contributed by atoms with Crippen LogP contribution in [-0.4, -0.2) is 60.9 Å². The fraction of sp³-hybridized carbons (Fsp3) is 0.269. The van der Waals surface area contributed by atoms with Gasteiger partial charge in [0.2, 0.25) is 5.95 Å². The number of hydrogen-bond donors (Lipinski definition) is 1. The molecule has 0 atom stereocenters. The Labute approximate surface area is 213 Å². The lowest BCUT2D eigenvalue weighted by Crippen LogP contribution is -2.37. The zero-order valence-electron chi connectivity index (χ0n) is 20.5. The summed E-state index contributed by atoms with van der Waals surface area (Å²) >= 11 is 0. The van der Waals surface area contributed by atoms with Crippen LogP contribution in [0.15, 0.2) is 54.7 Å². The second kappa shape index (κ2) is 12.0. The van der Waals surface area contributed by atoms with Gasteiger partial charge in [-0.2, -0.15) is 4.98 Å². The number of hydrogen-bond acceptors (Lipinski definition) is 10. The first-order valence-corrected chi connectivity index (χ1v) is 11.7. The highest BCUT2D eigenvalue weighted by Gasteiger charge is 2.20. The van der Waals surface area contributed by atoms with Crippen molar-refractivity contribution in [3.05, 3.63) is 70.4 Å². The Bertz CT molecular complexity index is 1310. The first-order chi connectivity index (χ1) is 18.0. The van der Waals surface area contributed by atoms with Gasteiger partial charge in [-0.3, -0.25) is 10.1 Å². The number of benzene rings is 2. The Morgan fingerprint density at radius 3 is 2.78 bits per heavy atom. The Morgan fingerprint density at radius 2 is 2.05 bits per heavy atom. The van der Waals surface area contributed by atoms with Gasteiger partial charge in [0.15, 0.2) is 0 Å². The maximum atomic E-state index is 11.7. The van der Waals surface area contributed by atoms with E-state index in [4.69, 9.17) is 19.2 Å². The molecule has 0 radical (unpaired) electrons. The van der Waals surface area contributed by atoms with Gasteiger partial charge in [0, 0.05) is 43.1 Å². The first-order valence-electron chi connectivity index (χ1n) is 11.7. The summed E-state index contributed by atoms with van der Waals surface area (Å²) in [6.07, 6.45) is 4.80. The molecule has 1 aromatic heterocycles. The van der Waals surface area contributed by atoms with Gasteiger partial charge >= 0.3 is 5.97 Å². The number of ether oxygens (including phenoxy) is 3. The molecule has 3 aromatic rings. The lowest BCUT2D eigenvalue weighted by atomic mass is 10.0. The minimum atomic E-state index is -0.486. The van der Waals surface area contributed by atoms with E-state index in [1.165, 1.54) is 25.3 Å². The minimum Gasteiger partial charge on any atom is -0.496 e. The molecule has 0 bridgehead atoms. The van der Waals surface area contributed by atoms with E-state index in [0.29, 0.717) is 50.2 Å². The van der Waals surface area contributed by atoms with Gasteiger partial charge in [0.25, 0.3) is 5.69 Å². The van der Waals surface area contributed by atoms with Crippen LogP contribution in [0.3, 0.4) is 0 Å². The molecule has 11 heteroatoms. The third-order valence-corrected chi connectivity index (χ3v) is 5.57. The molecule has 192 valence electrons. The fourth-order valence-corrected chi connectivity index (χ4v) is 3.83. The third-order valence-electron chi connectivity index (χ3n) is 5.57. The summed E-state index contributed by atoms with van der Waals surface area (Å²) in [4.78, 5) is 33.9. The van der Waals surface area contributed by atoms with Gasteiger partial charge < -0.3 is 24.4 Å². The van der Waals surface area contributed by atoms with Crippen molar-refractivity contribution in [1.29, 1.82) is 0 Å². The van der Waals surface area contributed by atoms with E-state index in [2.05, 4.69) is 15.2 Å². The van der Waals surface area contributed by atoms with Crippen LogP contribution in [0.5, 0.6) is 5.75 Å². The molecule has 4 rings (SSSR count). The molecule has 2 aromatic carbocycles. The number of anilines is 3. The fourth-order valence-electron chi connectivity index (χ4n) is 3.83. The summed E-state index contributed by atoms with van der Waals surface area (Å²) in [5, 5.41) is 14.4. The Kier molecular flexibility index (Phi) is 8.26. The largest absolute Gasteiger partial charge is 0.496 e. The van der Waals surface area contributed by atoms with Crippen molar-refractivity contribution in [2.45, 2.75) is 6.92 Å². The van der Waals surface area contributed by atoms with Crippen molar-refractivity contribution < 1.29 is 23.9 Å². The predicted molar refractivity (Wildman–Crippen MR) is 139 cm³/mol. The average Bonchev–Trinajstić information content (AvgIpc) is 2.92.